The van der Waals surface area contributed by atoms with Crippen LogP contribution in [-0.2, 0) is 4.79 Å². The third kappa shape index (κ3) is 2.29. The van der Waals surface area contributed by atoms with E-state index in [4.69, 9.17) is 0 Å². The normalized spacial score (nSPS) is 33.9. The van der Waals surface area contributed by atoms with Crippen molar-refractivity contribution >= 4 is 17.7 Å². The van der Waals surface area contributed by atoms with Crippen molar-refractivity contribution in [2.75, 3.05) is 18.1 Å². The van der Waals surface area contributed by atoms with Gasteiger partial charge in [0.15, 0.2) is 0 Å². The zero-order valence-electron chi connectivity index (χ0n) is 11.4. The summed E-state index contributed by atoms with van der Waals surface area (Å²) in [6, 6.07) is 0. The van der Waals surface area contributed by atoms with E-state index in [1.165, 1.54) is 17.9 Å². The molecule has 0 bridgehead atoms. The fourth-order valence-electron chi connectivity index (χ4n) is 3.21. The minimum absolute atomic E-state index is 0.134. The van der Waals surface area contributed by atoms with Crippen LogP contribution < -0.4 is 5.32 Å². The lowest BCUT2D eigenvalue weighted by Gasteiger charge is -2.27. The number of nitrogens with zero attached hydrogens (tertiary/aromatic N) is 1. The molecule has 0 aromatic rings. The molecule has 102 valence electrons. The lowest BCUT2D eigenvalue weighted by Crippen LogP contribution is -2.41. The minimum Gasteiger partial charge on any atom is -0.325 e. The molecule has 18 heavy (non-hydrogen) atoms. The number of rotatable bonds is 4. The van der Waals surface area contributed by atoms with Crippen LogP contribution in [0.25, 0.3) is 0 Å². The van der Waals surface area contributed by atoms with Gasteiger partial charge in [0.1, 0.15) is 0 Å². The van der Waals surface area contributed by atoms with E-state index in [0.717, 1.165) is 31.7 Å². The van der Waals surface area contributed by atoms with E-state index in [0.29, 0.717) is 18.0 Å². The zero-order chi connectivity index (χ0) is 12.8. The summed E-state index contributed by atoms with van der Waals surface area (Å²) in [5.74, 6) is 4.28. The van der Waals surface area contributed by atoms with Crippen LogP contribution in [0.2, 0.25) is 0 Å². The van der Waals surface area contributed by atoms with E-state index in [9.17, 15) is 4.79 Å². The van der Waals surface area contributed by atoms with Crippen LogP contribution in [0.4, 0.5) is 0 Å². The molecule has 0 aromatic heterocycles. The highest BCUT2D eigenvalue weighted by molar-refractivity contribution is 7.99. The quantitative estimate of drug-likeness (QED) is 0.847. The molecule has 3 fully saturated rings. The van der Waals surface area contributed by atoms with Crippen molar-refractivity contribution in [1.29, 1.82) is 0 Å². The van der Waals surface area contributed by atoms with Crippen molar-refractivity contribution in [1.82, 2.24) is 10.2 Å². The third-order valence-electron chi connectivity index (χ3n) is 4.41. The standard InChI is InChI=1S/C14H24N2OS/c1-10(2)7-12-15-14(4-5-14)13(17)16(12)8-11-3-6-18-9-11/h10-12,15H,3-9H2,1-2H3. The first-order valence-electron chi connectivity index (χ1n) is 7.27. The van der Waals surface area contributed by atoms with Crippen LogP contribution in [0.15, 0.2) is 0 Å². The SMILES string of the molecule is CC(C)CC1NC2(CC2)C(=O)N1CC1CCSC1. The van der Waals surface area contributed by atoms with E-state index in [-0.39, 0.29) is 5.54 Å². The van der Waals surface area contributed by atoms with Crippen molar-refractivity contribution in [3.63, 3.8) is 0 Å². The number of amides is 1. The molecule has 1 aliphatic carbocycles. The van der Waals surface area contributed by atoms with E-state index in [1.807, 2.05) is 11.8 Å². The Bertz CT molecular complexity index is 335. The molecule has 0 aromatic carbocycles. The molecule has 2 heterocycles. The van der Waals surface area contributed by atoms with Gasteiger partial charge in [0.25, 0.3) is 0 Å². The van der Waals surface area contributed by atoms with Crippen molar-refractivity contribution in [2.24, 2.45) is 11.8 Å². The van der Waals surface area contributed by atoms with Gasteiger partial charge in [-0.3, -0.25) is 10.1 Å². The predicted molar refractivity (Wildman–Crippen MR) is 75.5 cm³/mol. The highest BCUT2D eigenvalue weighted by Gasteiger charge is 2.59. The molecule has 3 rings (SSSR count). The molecule has 2 aliphatic heterocycles. The average molecular weight is 268 g/mol. The van der Waals surface area contributed by atoms with Gasteiger partial charge in [0.2, 0.25) is 5.91 Å². The average Bonchev–Trinajstić information content (AvgIpc) is 2.82. The molecular weight excluding hydrogens is 244 g/mol. The van der Waals surface area contributed by atoms with Crippen LogP contribution in [0.5, 0.6) is 0 Å². The van der Waals surface area contributed by atoms with Crippen molar-refractivity contribution in [3.8, 4) is 0 Å². The van der Waals surface area contributed by atoms with Crippen molar-refractivity contribution < 1.29 is 4.79 Å². The van der Waals surface area contributed by atoms with E-state index < -0.39 is 0 Å². The fourth-order valence-corrected chi connectivity index (χ4v) is 4.48. The summed E-state index contributed by atoms with van der Waals surface area (Å²) in [6.07, 6.45) is 4.78. The summed E-state index contributed by atoms with van der Waals surface area (Å²) >= 11 is 2.04. The van der Waals surface area contributed by atoms with Crippen molar-refractivity contribution in [3.05, 3.63) is 0 Å². The minimum atomic E-state index is -0.134. The summed E-state index contributed by atoms with van der Waals surface area (Å²) in [4.78, 5) is 14.7. The topological polar surface area (TPSA) is 32.3 Å². The molecule has 4 heteroatoms. The summed E-state index contributed by atoms with van der Waals surface area (Å²) < 4.78 is 0. The Morgan fingerprint density at radius 3 is 2.83 bits per heavy atom. The maximum atomic E-state index is 12.5. The van der Waals surface area contributed by atoms with Gasteiger partial charge < -0.3 is 4.90 Å². The molecule has 2 saturated heterocycles. The Kier molecular flexibility index (Phi) is 3.35. The smallest absolute Gasteiger partial charge is 0.244 e. The van der Waals surface area contributed by atoms with E-state index in [1.54, 1.807) is 0 Å². The number of carbonyl (C=O) groups excluding carboxylic acids is 1. The van der Waals surface area contributed by atoms with Gasteiger partial charge in [-0.05, 0) is 49.0 Å². The van der Waals surface area contributed by atoms with Gasteiger partial charge in [-0.1, -0.05) is 13.8 Å². The number of hydrogen-bond acceptors (Lipinski definition) is 3. The Labute approximate surface area is 114 Å². The Morgan fingerprint density at radius 2 is 2.28 bits per heavy atom. The molecule has 1 saturated carbocycles. The largest absolute Gasteiger partial charge is 0.325 e. The van der Waals surface area contributed by atoms with Crippen LogP contribution in [0.1, 0.15) is 39.5 Å². The maximum Gasteiger partial charge on any atom is 0.244 e. The number of nitrogens with one attached hydrogen (secondary N) is 1. The first kappa shape index (κ1) is 12.8. The molecule has 2 unspecified atom stereocenters. The molecular formula is C14H24N2OS. The summed E-state index contributed by atoms with van der Waals surface area (Å²) in [5.41, 5.74) is -0.134. The highest BCUT2D eigenvalue weighted by Crippen LogP contribution is 2.43. The van der Waals surface area contributed by atoms with Crippen LogP contribution >= 0.6 is 11.8 Å². The Morgan fingerprint density at radius 1 is 1.50 bits per heavy atom. The molecule has 3 nitrogen and oxygen atoms in total. The number of thioether (sulfide) groups is 1. The van der Waals surface area contributed by atoms with Crippen LogP contribution in [-0.4, -0.2) is 40.6 Å². The van der Waals surface area contributed by atoms with Gasteiger partial charge in [0, 0.05) is 6.54 Å². The van der Waals surface area contributed by atoms with Gasteiger partial charge >= 0.3 is 0 Å². The lowest BCUT2D eigenvalue weighted by molar-refractivity contribution is -0.131. The molecule has 1 N–H and O–H groups in total. The van der Waals surface area contributed by atoms with E-state index in [2.05, 4.69) is 24.1 Å². The second-order valence-electron chi connectivity index (χ2n) is 6.56. The van der Waals surface area contributed by atoms with E-state index >= 15 is 0 Å². The monoisotopic (exact) mass is 268 g/mol. The molecule has 1 amide bonds. The molecule has 3 aliphatic rings. The third-order valence-corrected chi connectivity index (χ3v) is 5.64. The lowest BCUT2D eigenvalue weighted by atomic mass is 10.1. The predicted octanol–water partition coefficient (Wildman–Crippen LogP) is 2.08. The first-order valence-corrected chi connectivity index (χ1v) is 8.43. The zero-order valence-corrected chi connectivity index (χ0v) is 12.3. The van der Waals surface area contributed by atoms with Gasteiger partial charge in [-0.2, -0.15) is 11.8 Å². The summed E-state index contributed by atoms with van der Waals surface area (Å²) in [7, 11) is 0. The van der Waals surface area contributed by atoms with Crippen LogP contribution in [0.3, 0.4) is 0 Å². The second-order valence-corrected chi connectivity index (χ2v) is 7.71. The highest BCUT2D eigenvalue weighted by atomic mass is 32.2. The summed E-state index contributed by atoms with van der Waals surface area (Å²) in [5, 5.41) is 3.62. The van der Waals surface area contributed by atoms with Crippen LogP contribution in [0, 0.1) is 11.8 Å². The molecule has 1 spiro atoms. The Hall–Kier alpha value is -0.220. The van der Waals surface area contributed by atoms with Crippen molar-refractivity contribution in [2.45, 2.75) is 51.2 Å². The van der Waals surface area contributed by atoms with Gasteiger partial charge in [-0.25, -0.2) is 0 Å². The number of hydrogen-bond donors (Lipinski definition) is 1. The maximum absolute atomic E-state index is 12.5. The van der Waals surface area contributed by atoms with Gasteiger partial charge in [0.05, 0.1) is 11.7 Å². The second kappa shape index (κ2) is 4.71. The first-order chi connectivity index (χ1) is 8.61. The summed E-state index contributed by atoms with van der Waals surface area (Å²) in [6.45, 7) is 5.47. The Balaban J connectivity index is 1.68. The van der Waals surface area contributed by atoms with Gasteiger partial charge in [-0.15, -0.1) is 0 Å². The molecule has 2 atom stereocenters. The number of carbonyl (C=O) groups is 1. The fraction of sp³-hybridized carbons (Fsp3) is 0.929. The molecule has 0 radical (unpaired) electrons.